The first-order valence-electron chi connectivity index (χ1n) is 5.37. The number of halogens is 1. The van der Waals surface area contributed by atoms with Crippen LogP contribution in [0.3, 0.4) is 0 Å². The first kappa shape index (κ1) is 14.0. The molecule has 7 heteroatoms. The van der Waals surface area contributed by atoms with Gasteiger partial charge in [-0.15, -0.1) is 0 Å². The summed E-state index contributed by atoms with van der Waals surface area (Å²) in [6.07, 6.45) is 0. The highest BCUT2D eigenvalue weighted by atomic mass is 19.1. The number of amides is 1. The van der Waals surface area contributed by atoms with E-state index in [9.17, 15) is 19.3 Å². The summed E-state index contributed by atoms with van der Waals surface area (Å²) >= 11 is 0. The number of carbonyl (C=O) groups excluding carboxylic acids is 1. The van der Waals surface area contributed by atoms with Crippen molar-refractivity contribution in [3.05, 3.63) is 34.1 Å². The summed E-state index contributed by atoms with van der Waals surface area (Å²) in [5.41, 5.74) is -0.482. The quantitative estimate of drug-likeness (QED) is 0.619. The SMILES string of the molecule is CC(C)NCC(=O)Nc1cc(F)ccc1[N+](=O)[O-]. The molecule has 0 heterocycles. The Balaban J connectivity index is 2.79. The van der Waals surface area contributed by atoms with Gasteiger partial charge in [0.1, 0.15) is 11.5 Å². The molecule has 0 aliphatic heterocycles. The van der Waals surface area contributed by atoms with Crippen LogP contribution in [0.1, 0.15) is 13.8 Å². The minimum Gasteiger partial charge on any atom is -0.319 e. The van der Waals surface area contributed by atoms with Gasteiger partial charge in [-0.1, -0.05) is 13.8 Å². The summed E-state index contributed by atoms with van der Waals surface area (Å²) in [4.78, 5) is 21.5. The lowest BCUT2D eigenvalue weighted by atomic mass is 10.2. The molecule has 1 amide bonds. The zero-order valence-corrected chi connectivity index (χ0v) is 10.1. The Labute approximate surface area is 103 Å². The topological polar surface area (TPSA) is 84.3 Å². The van der Waals surface area contributed by atoms with E-state index in [1.807, 2.05) is 13.8 Å². The van der Waals surface area contributed by atoms with Crippen molar-refractivity contribution in [3.63, 3.8) is 0 Å². The molecule has 0 unspecified atom stereocenters. The van der Waals surface area contributed by atoms with Crippen molar-refractivity contribution < 1.29 is 14.1 Å². The second-order valence-corrected chi connectivity index (χ2v) is 4.00. The third-order valence-electron chi connectivity index (χ3n) is 2.10. The third kappa shape index (κ3) is 4.10. The van der Waals surface area contributed by atoms with Crippen molar-refractivity contribution in [2.24, 2.45) is 0 Å². The fraction of sp³-hybridized carbons (Fsp3) is 0.364. The first-order valence-corrected chi connectivity index (χ1v) is 5.37. The van der Waals surface area contributed by atoms with E-state index < -0.39 is 16.6 Å². The van der Waals surface area contributed by atoms with Gasteiger partial charge in [-0.3, -0.25) is 14.9 Å². The van der Waals surface area contributed by atoms with Crippen LogP contribution in [-0.2, 0) is 4.79 Å². The highest BCUT2D eigenvalue weighted by molar-refractivity contribution is 5.94. The second kappa shape index (κ2) is 6.06. The fourth-order valence-corrected chi connectivity index (χ4v) is 1.26. The molecule has 6 nitrogen and oxygen atoms in total. The minimum absolute atomic E-state index is 0.00529. The van der Waals surface area contributed by atoms with Crippen LogP contribution in [0.2, 0.25) is 0 Å². The van der Waals surface area contributed by atoms with E-state index >= 15 is 0 Å². The van der Waals surface area contributed by atoms with E-state index in [2.05, 4.69) is 10.6 Å². The van der Waals surface area contributed by atoms with Crippen molar-refractivity contribution in [2.75, 3.05) is 11.9 Å². The number of benzene rings is 1. The fourth-order valence-electron chi connectivity index (χ4n) is 1.26. The molecule has 0 atom stereocenters. The Bertz CT molecular complexity index is 463. The normalized spacial score (nSPS) is 10.4. The summed E-state index contributed by atoms with van der Waals surface area (Å²) in [6.45, 7) is 3.72. The molecule has 0 aliphatic rings. The van der Waals surface area contributed by atoms with E-state index in [0.29, 0.717) is 0 Å². The van der Waals surface area contributed by atoms with E-state index in [0.717, 1.165) is 18.2 Å². The Hall–Kier alpha value is -2.02. The van der Waals surface area contributed by atoms with E-state index in [1.54, 1.807) is 0 Å². The Kier molecular flexibility index (Phi) is 4.73. The number of nitrogens with zero attached hydrogens (tertiary/aromatic N) is 1. The predicted molar refractivity (Wildman–Crippen MR) is 64.8 cm³/mol. The van der Waals surface area contributed by atoms with E-state index in [4.69, 9.17) is 0 Å². The second-order valence-electron chi connectivity index (χ2n) is 4.00. The monoisotopic (exact) mass is 255 g/mol. The maximum absolute atomic E-state index is 13.0. The number of carbonyl (C=O) groups is 1. The van der Waals surface area contributed by atoms with Gasteiger partial charge in [0.05, 0.1) is 11.5 Å². The molecule has 0 aromatic heterocycles. The summed E-state index contributed by atoms with van der Waals surface area (Å²) in [5.74, 6) is -1.11. The summed E-state index contributed by atoms with van der Waals surface area (Å²) < 4.78 is 13.0. The molecule has 0 radical (unpaired) electrons. The molecule has 18 heavy (non-hydrogen) atoms. The molecule has 2 N–H and O–H groups in total. The molecule has 0 aliphatic carbocycles. The summed E-state index contributed by atoms with van der Waals surface area (Å²) in [6, 6.07) is 3.02. The Morgan fingerprint density at radius 3 is 2.72 bits per heavy atom. The molecular weight excluding hydrogens is 241 g/mol. The van der Waals surface area contributed by atoms with Crippen LogP contribution < -0.4 is 10.6 Å². The van der Waals surface area contributed by atoms with Gasteiger partial charge in [0.2, 0.25) is 5.91 Å². The van der Waals surface area contributed by atoms with Crippen LogP contribution in [0, 0.1) is 15.9 Å². The smallest absolute Gasteiger partial charge is 0.292 e. The van der Waals surface area contributed by atoms with Crippen LogP contribution in [0.25, 0.3) is 0 Å². The van der Waals surface area contributed by atoms with Crippen LogP contribution in [0.4, 0.5) is 15.8 Å². The van der Waals surface area contributed by atoms with E-state index in [-0.39, 0.29) is 24.0 Å². The number of nitrogens with one attached hydrogen (secondary N) is 2. The van der Waals surface area contributed by atoms with Crippen molar-refractivity contribution >= 4 is 17.3 Å². The molecule has 0 saturated carbocycles. The van der Waals surface area contributed by atoms with Crippen molar-refractivity contribution in [2.45, 2.75) is 19.9 Å². The van der Waals surface area contributed by atoms with Gasteiger partial charge < -0.3 is 10.6 Å². The van der Waals surface area contributed by atoms with Gasteiger partial charge >= 0.3 is 0 Å². The Morgan fingerprint density at radius 1 is 1.50 bits per heavy atom. The molecule has 0 bridgehead atoms. The van der Waals surface area contributed by atoms with Gasteiger partial charge in [0, 0.05) is 18.2 Å². The van der Waals surface area contributed by atoms with Gasteiger partial charge in [0.25, 0.3) is 5.69 Å². The van der Waals surface area contributed by atoms with Crippen LogP contribution in [0.5, 0.6) is 0 Å². The molecular formula is C11H14FN3O3. The molecule has 0 saturated heterocycles. The molecule has 98 valence electrons. The molecule has 1 aromatic rings. The van der Waals surface area contributed by atoms with Gasteiger partial charge in [0.15, 0.2) is 0 Å². The first-order chi connectivity index (χ1) is 8.40. The molecule has 0 spiro atoms. The number of rotatable bonds is 5. The number of hydrogen-bond donors (Lipinski definition) is 2. The number of hydrogen-bond acceptors (Lipinski definition) is 4. The highest BCUT2D eigenvalue weighted by Gasteiger charge is 2.16. The lowest BCUT2D eigenvalue weighted by Crippen LogP contribution is -2.32. The maximum Gasteiger partial charge on any atom is 0.292 e. The average molecular weight is 255 g/mol. The molecule has 0 fully saturated rings. The van der Waals surface area contributed by atoms with Crippen molar-refractivity contribution in [3.8, 4) is 0 Å². The maximum atomic E-state index is 13.0. The highest BCUT2D eigenvalue weighted by Crippen LogP contribution is 2.24. The van der Waals surface area contributed by atoms with Crippen LogP contribution in [-0.4, -0.2) is 23.4 Å². The van der Waals surface area contributed by atoms with E-state index in [1.165, 1.54) is 0 Å². The Morgan fingerprint density at radius 2 is 2.17 bits per heavy atom. The minimum atomic E-state index is -0.676. The lowest BCUT2D eigenvalue weighted by Gasteiger charge is -2.09. The third-order valence-corrected chi connectivity index (χ3v) is 2.10. The lowest BCUT2D eigenvalue weighted by molar-refractivity contribution is -0.384. The summed E-state index contributed by atoms with van der Waals surface area (Å²) in [7, 11) is 0. The molecule has 1 aromatic carbocycles. The van der Waals surface area contributed by atoms with Gasteiger partial charge in [-0.25, -0.2) is 4.39 Å². The molecule has 1 rings (SSSR count). The predicted octanol–water partition coefficient (Wildman–Crippen LogP) is 1.67. The standard InChI is InChI=1S/C11H14FN3O3/c1-7(2)13-6-11(16)14-9-5-8(12)3-4-10(9)15(17)18/h3-5,7,13H,6H2,1-2H3,(H,14,16). The number of nitro groups is 1. The van der Waals surface area contributed by atoms with Crippen LogP contribution >= 0.6 is 0 Å². The zero-order chi connectivity index (χ0) is 13.7. The van der Waals surface area contributed by atoms with Crippen LogP contribution in [0.15, 0.2) is 18.2 Å². The largest absolute Gasteiger partial charge is 0.319 e. The number of nitro benzene ring substituents is 1. The van der Waals surface area contributed by atoms with Crippen molar-refractivity contribution in [1.82, 2.24) is 5.32 Å². The van der Waals surface area contributed by atoms with Crippen molar-refractivity contribution in [1.29, 1.82) is 0 Å². The number of anilines is 1. The zero-order valence-electron chi connectivity index (χ0n) is 10.1. The summed E-state index contributed by atoms with van der Waals surface area (Å²) in [5, 5.41) is 15.9. The van der Waals surface area contributed by atoms with Gasteiger partial charge in [-0.05, 0) is 6.07 Å². The average Bonchev–Trinajstić information content (AvgIpc) is 2.26. The van der Waals surface area contributed by atoms with Gasteiger partial charge in [-0.2, -0.15) is 0 Å².